The fraction of sp³-hybridized carbons (Fsp3) is 0.176. The van der Waals surface area contributed by atoms with Gasteiger partial charge in [-0.25, -0.2) is 0 Å². The Kier molecular flexibility index (Phi) is 4.78. The first-order valence-electron chi connectivity index (χ1n) is 7.04. The van der Waals surface area contributed by atoms with Crippen LogP contribution < -0.4 is 11.2 Å². The predicted octanol–water partition coefficient (Wildman–Crippen LogP) is 2.89. The van der Waals surface area contributed by atoms with E-state index in [-0.39, 0.29) is 11.3 Å². The van der Waals surface area contributed by atoms with Crippen LogP contribution in [0.4, 0.5) is 5.69 Å². The normalized spacial score (nSPS) is 11.3. The highest BCUT2D eigenvalue weighted by atomic mass is 16.3. The van der Waals surface area contributed by atoms with E-state index in [2.05, 4.69) is 17.5 Å². The summed E-state index contributed by atoms with van der Waals surface area (Å²) in [6.07, 6.45) is 0.906. The van der Waals surface area contributed by atoms with Gasteiger partial charge in [0.1, 0.15) is 5.75 Å². The monoisotopic (exact) mass is 297 g/mol. The number of hydrogen-bond acceptors (Lipinski definition) is 4. The third-order valence-electron chi connectivity index (χ3n) is 3.42. The Balaban J connectivity index is 2.26. The van der Waals surface area contributed by atoms with E-state index in [1.807, 2.05) is 31.2 Å². The Morgan fingerprint density at radius 3 is 2.68 bits per heavy atom. The van der Waals surface area contributed by atoms with Crippen LogP contribution in [0.1, 0.15) is 35.3 Å². The minimum absolute atomic E-state index is 0.0843. The molecule has 0 heterocycles. The molecular formula is C17H19N3O2. The van der Waals surface area contributed by atoms with Crippen LogP contribution in [-0.4, -0.2) is 16.7 Å². The molecule has 0 saturated heterocycles. The number of carbonyl (C=O) groups excluding carboxylic acids is 1. The first-order chi connectivity index (χ1) is 10.5. The van der Waals surface area contributed by atoms with E-state index in [4.69, 9.17) is 5.73 Å². The molecule has 0 aliphatic heterocycles. The number of aryl methyl sites for hydroxylation is 1. The molecule has 0 atom stereocenters. The van der Waals surface area contributed by atoms with Crippen molar-refractivity contribution in [2.24, 2.45) is 10.8 Å². The molecular weight excluding hydrogens is 278 g/mol. The summed E-state index contributed by atoms with van der Waals surface area (Å²) >= 11 is 0. The van der Waals surface area contributed by atoms with Crippen molar-refractivity contribution in [3.05, 3.63) is 59.2 Å². The smallest absolute Gasteiger partial charge is 0.252 e. The Morgan fingerprint density at radius 2 is 2.00 bits per heavy atom. The molecule has 2 aromatic carbocycles. The molecule has 0 aromatic heterocycles. The van der Waals surface area contributed by atoms with E-state index < -0.39 is 5.91 Å². The summed E-state index contributed by atoms with van der Waals surface area (Å²) in [5.41, 5.74) is 11.9. The summed E-state index contributed by atoms with van der Waals surface area (Å²) in [6.45, 7) is 3.90. The maximum atomic E-state index is 11.3. The fourth-order valence-corrected chi connectivity index (χ4v) is 2.10. The lowest BCUT2D eigenvalue weighted by atomic mass is 10.1. The minimum atomic E-state index is -0.670. The summed E-state index contributed by atoms with van der Waals surface area (Å²) in [5, 5.41) is 13.9. The summed E-state index contributed by atoms with van der Waals surface area (Å²) in [6, 6.07) is 12.6. The number of aromatic hydroxyl groups is 1. The highest BCUT2D eigenvalue weighted by Crippen LogP contribution is 2.19. The first-order valence-corrected chi connectivity index (χ1v) is 7.04. The van der Waals surface area contributed by atoms with E-state index in [1.54, 1.807) is 6.07 Å². The highest BCUT2D eigenvalue weighted by Gasteiger charge is 2.09. The number of hydrogen-bond donors (Lipinski definition) is 3. The second-order valence-electron chi connectivity index (χ2n) is 4.92. The zero-order chi connectivity index (χ0) is 16.1. The van der Waals surface area contributed by atoms with E-state index in [0.717, 1.165) is 12.1 Å². The van der Waals surface area contributed by atoms with Gasteiger partial charge < -0.3 is 10.8 Å². The zero-order valence-electron chi connectivity index (χ0n) is 12.6. The molecule has 2 rings (SSSR count). The fourth-order valence-electron chi connectivity index (χ4n) is 2.10. The summed E-state index contributed by atoms with van der Waals surface area (Å²) in [5.74, 6) is -0.801. The van der Waals surface area contributed by atoms with Crippen molar-refractivity contribution in [3.8, 4) is 5.75 Å². The molecule has 0 unspecified atom stereocenters. The number of para-hydroxylation sites is 1. The molecule has 5 heteroatoms. The van der Waals surface area contributed by atoms with Gasteiger partial charge >= 0.3 is 0 Å². The molecule has 22 heavy (non-hydrogen) atoms. The van der Waals surface area contributed by atoms with Gasteiger partial charge in [-0.1, -0.05) is 25.1 Å². The van der Waals surface area contributed by atoms with Gasteiger partial charge in [0.15, 0.2) is 0 Å². The number of nitrogens with one attached hydrogen (secondary N) is 1. The van der Waals surface area contributed by atoms with Gasteiger partial charge in [-0.3, -0.25) is 10.2 Å². The average molecular weight is 297 g/mol. The topological polar surface area (TPSA) is 87.7 Å². The maximum Gasteiger partial charge on any atom is 0.252 e. The minimum Gasteiger partial charge on any atom is -0.507 e. The van der Waals surface area contributed by atoms with Crippen molar-refractivity contribution in [1.82, 2.24) is 0 Å². The van der Waals surface area contributed by atoms with Crippen molar-refractivity contribution in [1.29, 1.82) is 0 Å². The van der Waals surface area contributed by atoms with E-state index >= 15 is 0 Å². The van der Waals surface area contributed by atoms with Crippen molar-refractivity contribution < 1.29 is 9.90 Å². The Labute approximate surface area is 129 Å². The Morgan fingerprint density at radius 1 is 1.27 bits per heavy atom. The number of hydrazone groups is 1. The van der Waals surface area contributed by atoms with Crippen LogP contribution in [0.15, 0.2) is 47.6 Å². The van der Waals surface area contributed by atoms with Crippen LogP contribution in [0.5, 0.6) is 5.75 Å². The van der Waals surface area contributed by atoms with Gasteiger partial charge in [-0.05, 0) is 48.7 Å². The molecule has 114 valence electrons. The third-order valence-corrected chi connectivity index (χ3v) is 3.42. The van der Waals surface area contributed by atoms with Crippen LogP contribution in [0.2, 0.25) is 0 Å². The van der Waals surface area contributed by atoms with Crippen LogP contribution in [0.3, 0.4) is 0 Å². The summed E-state index contributed by atoms with van der Waals surface area (Å²) in [4.78, 5) is 11.3. The van der Waals surface area contributed by atoms with Gasteiger partial charge in [-0.2, -0.15) is 5.10 Å². The first kappa shape index (κ1) is 15.6. The van der Waals surface area contributed by atoms with Gasteiger partial charge in [0, 0.05) is 0 Å². The van der Waals surface area contributed by atoms with Gasteiger partial charge in [0.2, 0.25) is 0 Å². The molecule has 5 nitrogen and oxygen atoms in total. The van der Waals surface area contributed by atoms with Crippen LogP contribution in [-0.2, 0) is 6.42 Å². The quantitative estimate of drug-likeness (QED) is 0.585. The largest absolute Gasteiger partial charge is 0.507 e. The van der Waals surface area contributed by atoms with E-state index in [9.17, 15) is 9.90 Å². The SMILES string of the molecule is CCc1ccccc1N/N=C(\C)c1ccc(O)c(C(N)=O)c1. The van der Waals surface area contributed by atoms with Gasteiger partial charge in [-0.15, -0.1) is 0 Å². The second-order valence-corrected chi connectivity index (χ2v) is 4.92. The number of anilines is 1. The number of amides is 1. The highest BCUT2D eigenvalue weighted by molar-refractivity contribution is 6.03. The number of benzene rings is 2. The maximum absolute atomic E-state index is 11.3. The molecule has 2 aromatic rings. The zero-order valence-corrected chi connectivity index (χ0v) is 12.6. The number of rotatable bonds is 5. The lowest BCUT2D eigenvalue weighted by molar-refractivity contribution is 0.0998. The molecule has 0 aliphatic rings. The van der Waals surface area contributed by atoms with E-state index in [1.165, 1.54) is 17.7 Å². The average Bonchev–Trinajstić information content (AvgIpc) is 2.53. The Hall–Kier alpha value is -2.82. The van der Waals surface area contributed by atoms with Crippen LogP contribution >= 0.6 is 0 Å². The van der Waals surface area contributed by atoms with Crippen molar-refractivity contribution >= 4 is 17.3 Å². The predicted molar refractivity (Wildman–Crippen MR) is 88.3 cm³/mol. The molecule has 0 aliphatic carbocycles. The Bertz CT molecular complexity index is 724. The summed E-state index contributed by atoms with van der Waals surface area (Å²) < 4.78 is 0. The van der Waals surface area contributed by atoms with Gasteiger partial charge in [0.05, 0.1) is 17.0 Å². The lowest BCUT2D eigenvalue weighted by Gasteiger charge is -2.09. The van der Waals surface area contributed by atoms with Crippen molar-refractivity contribution in [2.45, 2.75) is 20.3 Å². The molecule has 0 spiro atoms. The lowest BCUT2D eigenvalue weighted by Crippen LogP contribution is -2.12. The van der Waals surface area contributed by atoms with Crippen LogP contribution in [0, 0.1) is 0 Å². The number of nitrogens with zero attached hydrogens (tertiary/aromatic N) is 1. The van der Waals surface area contributed by atoms with Gasteiger partial charge in [0.25, 0.3) is 5.91 Å². The second kappa shape index (κ2) is 6.76. The van der Waals surface area contributed by atoms with E-state index in [0.29, 0.717) is 11.3 Å². The molecule has 0 fully saturated rings. The van der Waals surface area contributed by atoms with Crippen molar-refractivity contribution in [3.63, 3.8) is 0 Å². The molecule has 1 amide bonds. The molecule has 0 radical (unpaired) electrons. The van der Waals surface area contributed by atoms with Crippen molar-refractivity contribution in [2.75, 3.05) is 5.43 Å². The third kappa shape index (κ3) is 3.44. The standard InChI is InChI=1S/C17H19N3O2/c1-3-12-6-4-5-7-15(12)20-19-11(2)13-8-9-16(21)14(10-13)17(18)22/h4-10,20-21H,3H2,1-2H3,(H2,18,22)/b19-11+. The molecule has 0 saturated carbocycles. The molecule has 4 N–H and O–H groups in total. The number of carbonyl (C=O) groups is 1. The number of nitrogens with two attached hydrogens (primary N) is 1. The number of primary amides is 1. The van der Waals surface area contributed by atoms with Crippen LogP contribution in [0.25, 0.3) is 0 Å². The number of phenols is 1. The molecule has 0 bridgehead atoms. The summed E-state index contributed by atoms with van der Waals surface area (Å²) in [7, 11) is 0.